The highest BCUT2D eigenvalue weighted by Gasteiger charge is 2.29. The van der Waals surface area contributed by atoms with Crippen LogP contribution in [0.4, 0.5) is 0 Å². The molecule has 40 heavy (non-hydrogen) atoms. The second kappa shape index (κ2) is 12.8. The Hall–Kier alpha value is -4.14. The zero-order valence-corrected chi connectivity index (χ0v) is 22.7. The SMILES string of the molecule is NC(=O)[C@H](Cc1ccc(Cl)cc1)NC(=O)c1cccc2c1OCCC2NC(CCc1ccccc1)c1cnc[nH]1. The first-order valence-electron chi connectivity index (χ1n) is 13.4. The van der Waals surface area contributed by atoms with Gasteiger partial charge in [-0.05, 0) is 42.2 Å². The molecule has 8 nitrogen and oxygen atoms in total. The maximum Gasteiger partial charge on any atom is 0.255 e. The molecule has 0 saturated heterocycles. The predicted octanol–water partition coefficient (Wildman–Crippen LogP) is 4.68. The molecule has 0 radical (unpaired) electrons. The molecular weight excluding hydrogens is 526 g/mol. The summed E-state index contributed by atoms with van der Waals surface area (Å²) in [6.45, 7) is 0.452. The third-order valence-corrected chi connectivity index (χ3v) is 7.43. The Labute approximate surface area is 238 Å². The van der Waals surface area contributed by atoms with Gasteiger partial charge < -0.3 is 26.1 Å². The van der Waals surface area contributed by atoms with Crippen molar-refractivity contribution >= 4 is 23.4 Å². The van der Waals surface area contributed by atoms with Crippen molar-refractivity contribution < 1.29 is 14.3 Å². The number of imidazole rings is 1. The predicted molar refractivity (Wildman–Crippen MR) is 154 cm³/mol. The molecule has 206 valence electrons. The van der Waals surface area contributed by atoms with Crippen LogP contribution in [0.5, 0.6) is 5.75 Å². The largest absolute Gasteiger partial charge is 0.492 e. The summed E-state index contributed by atoms with van der Waals surface area (Å²) >= 11 is 5.98. The maximum atomic E-state index is 13.4. The molecule has 0 fully saturated rings. The second-order valence-corrected chi connectivity index (χ2v) is 10.4. The van der Waals surface area contributed by atoms with Gasteiger partial charge in [-0.3, -0.25) is 9.59 Å². The van der Waals surface area contributed by atoms with E-state index in [2.05, 4.69) is 32.7 Å². The lowest BCUT2D eigenvalue weighted by atomic mass is 9.94. The molecule has 5 N–H and O–H groups in total. The van der Waals surface area contributed by atoms with Crippen LogP contribution in [0, 0.1) is 0 Å². The lowest BCUT2D eigenvalue weighted by Crippen LogP contribution is -2.46. The van der Waals surface area contributed by atoms with Crippen LogP contribution in [0.15, 0.2) is 85.3 Å². The molecule has 1 aliphatic heterocycles. The number of halogens is 1. The number of aromatic nitrogens is 2. The van der Waals surface area contributed by atoms with Crippen LogP contribution in [-0.4, -0.2) is 34.4 Å². The molecule has 0 spiro atoms. The van der Waals surface area contributed by atoms with Gasteiger partial charge >= 0.3 is 0 Å². The Morgan fingerprint density at radius 2 is 1.85 bits per heavy atom. The van der Waals surface area contributed by atoms with Gasteiger partial charge in [-0.15, -0.1) is 0 Å². The highest BCUT2D eigenvalue weighted by Crippen LogP contribution is 2.37. The Morgan fingerprint density at radius 3 is 2.58 bits per heavy atom. The molecule has 3 aromatic carbocycles. The molecule has 0 aliphatic carbocycles. The fraction of sp³-hybridized carbons (Fsp3) is 0.258. The highest BCUT2D eigenvalue weighted by atomic mass is 35.5. The highest BCUT2D eigenvalue weighted by molar-refractivity contribution is 6.30. The summed E-state index contributed by atoms with van der Waals surface area (Å²) in [6, 6.07) is 22.1. The molecule has 9 heteroatoms. The van der Waals surface area contributed by atoms with E-state index in [-0.39, 0.29) is 18.5 Å². The van der Waals surface area contributed by atoms with Crippen LogP contribution >= 0.6 is 11.6 Å². The number of carbonyl (C=O) groups excluding carboxylic acids is 2. The van der Waals surface area contributed by atoms with E-state index in [1.165, 1.54) is 5.56 Å². The van der Waals surface area contributed by atoms with E-state index in [4.69, 9.17) is 22.1 Å². The average molecular weight is 558 g/mol. The Balaban J connectivity index is 1.33. The number of nitrogens with zero attached hydrogens (tertiary/aromatic N) is 1. The first kappa shape index (κ1) is 27.4. The van der Waals surface area contributed by atoms with Crippen molar-refractivity contribution in [3.8, 4) is 5.75 Å². The fourth-order valence-corrected chi connectivity index (χ4v) is 5.20. The number of benzene rings is 3. The minimum atomic E-state index is -0.884. The standard InChI is InChI=1S/C31H32ClN5O3/c32-22-12-9-21(10-13-22)17-27(30(33)38)37-31(39)24-8-4-7-23-25(15-16-40-29(23)24)36-26(28-18-34-19-35-28)14-11-20-5-2-1-3-6-20/h1-10,12-13,18-19,25-27,36H,11,14-17H2,(H2,33,38)(H,34,35)(H,37,39)/t25?,26?,27-/m0/s1. The molecule has 3 atom stereocenters. The van der Waals surface area contributed by atoms with Crippen LogP contribution in [0.25, 0.3) is 0 Å². The van der Waals surface area contributed by atoms with Crippen molar-refractivity contribution in [1.29, 1.82) is 0 Å². The van der Waals surface area contributed by atoms with Gasteiger partial charge in [0.05, 0.1) is 24.2 Å². The Morgan fingerprint density at radius 1 is 1.05 bits per heavy atom. The monoisotopic (exact) mass is 557 g/mol. The van der Waals surface area contributed by atoms with E-state index in [9.17, 15) is 9.59 Å². The Bertz CT molecular complexity index is 1430. The molecule has 0 saturated carbocycles. The van der Waals surface area contributed by atoms with Gasteiger partial charge in [0.15, 0.2) is 0 Å². The van der Waals surface area contributed by atoms with Gasteiger partial charge in [0.1, 0.15) is 11.8 Å². The lowest BCUT2D eigenvalue weighted by Gasteiger charge is -2.31. The zero-order chi connectivity index (χ0) is 27.9. The number of primary amides is 1. The van der Waals surface area contributed by atoms with Gasteiger partial charge in [-0.2, -0.15) is 0 Å². The quantitative estimate of drug-likeness (QED) is 0.213. The molecule has 0 bridgehead atoms. The zero-order valence-electron chi connectivity index (χ0n) is 22.0. The number of amides is 2. The summed E-state index contributed by atoms with van der Waals surface area (Å²) in [5, 5.41) is 7.17. The van der Waals surface area contributed by atoms with Crippen molar-refractivity contribution in [3.05, 3.63) is 118 Å². The third-order valence-electron chi connectivity index (χ3n) is 7.18. The third kappa shape index (κ3) is 6.70. The van der Waals surface area contributed by atoms with Crippen LogP contribution < -0.4 is 21.1 Å². The number of fused-ring (bicyclic) bond motifs is 1. The summed E-state index contributed by atoms with van der Waals surface area (Å²) in [5.41, 5.74) is 10.0. The van der Waals surface area contributed by atoms with Crippen molar-refractivity contribution in [3.63, 3.8) is 0 Å². The number of hydrogen-bond donors (Lipinski definition) is 4. The van der Waals surface area contributed by atoms with Crippen molar-refractivity contribution in [1.82, 2.24) is 20.6 Å². The number of carbonyl (C=O) groups is 2. The van der Waals surface area contributed by atoms with Gasteiger partial charge in [-0.1, -0.05) is 66.2 Å². The Kier molecular flexibility index (Phi) is 8.78. The van der Waals surface area contributed by atoms with E-state index in [1.54, 1.807) is 24.5 Å². The lowest BCUT2D eigenvalue weighted by molar-refractivity contribution is -0.119. The van der Waals surface area contributed by atoms with Crippen LogP contribution in [0.1, 0.15) is 57.7 Å². The number of rotatable bonds is 11. The maximum absolute atomic E-state index is 13.4. The molecule has 1 aromatic heterocycles. The summed E-state index contributed by atoms with van der Waals surface area (Å²) in [5.74, 6) is -0.510. The number of H-pyrrole nitrogens is 1. The van der Waals surface area contributed by atoms with Crippen molar-refractivity contribution in [2.45, 2.75) is 43.8 Å². The minimum Gasteiger partial charge on any atom is -0.492 e. The van der Waals surface area contributed by atoms with E-state index in [0.29, 0.717) is 22.9 Å². The van der Waals surface area contributed by atoms with Gasteiger partial charge in [0, 0.05) is 41.7 Å². The first-order valence-corrected chi connectivity index (χ1v) is 13.7. The smallest absolute Gasteiger partial charge is 0.255 e. The molecule has 1 aliphatic rings. The fourth-order valence-electron chi connectivity index (χ4n) is 5.08. The summed E-state index contributed by atoms with van der Waals surface area (Å²) in [4.78, 5) is 33.1. The van der Waals surface area contributed by atoms with E-state index < -0.39 is 17.9 Å². The van der Waals surface area contributed by atoms with E-state index >= 15 is 0 Å². The number of ether oxygens (including phenoxy) is 1. The number of para-hydroxylation sites is 1. The summed E-state index contributed by atoms with van der Waals surface area (Å²) < 4.78 is 6.03. The molecule has 4 aromatic rings. The van der Waals surface area contributed by atoms with Crippen molar-refractivity contribution in [2.75, 3.05) is 6.61 Å². The number of nitrogens with two attached hydrogens (primary N) is 1. The van der Waals surface area contributed by atoms with Crippen LogP contribution in [0.3, 0.4) is 0 Å². The van der Waals surface area contributed by atoms with Crippen LogP contribution in [-0.2, 0) is 17.6 Å². The van der Waals surface area contributed by atoms with E-state index in [1.807, 2.05) is 48.7 Å². The normalized spacial score (nSPS) is 15.9. The number of aryl methyl sites for hydroxylation is 1. The minimum absolute atomic E-state index is 0.0229. The molecule has 5 rings (SSSR count). The molecule has 2 heterocycles. The molecule has 2 amide bonds. The van der Waals surface area contributed by atoms with Gasteiger partial charge in [0.25, 0.3) is 5.91 Å². The molecule has 2 unspecified atom stereocenters. The number of nitrogens with one attached hydrogen (secondary N) is 3. The number of aromatic amines is 1. The van der Waals surface area contributed by atoms with Crippen molar-refractivity contribution in [2.24, 2.45) is 5.73 Å². The second-order valence-electron chi connectivity index (χ2n) is 9.92. The average Bonchev–Trinajstić information content (AvgIpc) is 3.51. The summed E-state index contributed by atoms with van der Waals surface area (Å²) in [6.07, 6.45) is 6.30. The van der Waals surface area contributed by atoms with E-state index in [0.717, 1.165) is 36.1 Å². The summed E-state index contributed by atoms with van der Waals surface area (Å²) in [7, 11) is 0. The van der Waals surface area contributed by atoms with Gasteiger partial charge in [-0.25, -0.2) is 4.98 Å². The topological polar surface area (TPSA) is 122 Å². The van der Waals surface area contributed by atoms with Gasteiger partial charge in [0.2, 0.25) is 5.91 Å². The van der Waals surface area contributed by atoms with Crippen LogP contribution in [0.2, 0.25) is 5.02 Å². The first-order chi connectivity index (χ1) is 19.5. The number of hydrogen-bond acceptors (Lipinski definition) is 5. The molecular formula is C31H32ClN5O3.